The van der Waals surface area contributed by atoms with Gasteiger partial charge in [0.05, 0.1) is 17.3 Å². The van der Waals surface area contributed by atoms with Crippen molar-refractivity contribution in [2.45, 2.75) is 59.5 Å². The predicted molar refractivity (Wildman–Crippen MR) is 134 cm³/mol. The first-order valence-corrected chi connectivity index (χ1v) is 11.3. The molecule has 0 saturated carbocycles. The standard InChI is InChI=1S/C26H32N6O2/c1-16-10-20(21(14-27-16)34-15-26(6,7)33)18-8-9-32-19(12-18)13-23(31-32)29-22-11-17(2)28-24(30-22)25(3,4)5/h8-14,33H,15H2,1-7H3,(H,28,29,30,31). The van der Waals surface area contributed by atoms with Gasteiger partial charge in [-0.3, -0.25) is 4.98 Å². The summed E-state index contributed by atoms with van der Waals surface area (Å²) in [6.45, 7) is 13.8. The molecule has 0 aromatic carbocycles. The van der Waals surface area contributed by atoms with Gasteiger partial charge in [0.2, 0.25) is 0 Å². The van der Waals surface area contributed by atoms with Crippen LogP contribution in [0.5, 0.6) is 5.75 Å². The number of hydrogen-bond acceptors (Lipinski definition) is 7. The second-order valence-electron chi connectivity index (χ2n) is 10.3. The second kappa shape index (κ2) is 8.68. The molecule has 2 N–H and O–H groups in total. The third kappa shape index (κ3) is 5.51. The fraction of sp³-hybridized carbons (Fsp3) is 0.385. The molecule has 4 aromatic rings. The zero-order chi connectivity index (χ0) is 24.7. The van der Waals surface area contributed by atoms with Crippen molar-refractivity contribution in [2.75, 3.05) is 11.9 Å². The molecule has 8 heteroatoms. The molecule has 0 spiro atoms. The summed E-state index contributed by atoms with van der Waals surface area (Å²) in [5.41, 5.74) is 3.51. The van der Waals surface area contributed by atoms with Crippen molar-refractivity contribution >= 4 is 17.2 Å². The highest BCUT2D eigenvalue weighted by Gasteiger charge is 2.19. The third-order valence-corrected chi connectivity index (χ3v) is 5.14. The number of rotatable bonds is 6. The molecule has 0 atom stereocenters. The Morgan fingerprint density at radius 2 is 1.74 bits per heavy atom. The van der Waals surface area contributed by atoms with Crippen LogP contribution in [0.2, 0.25) is 0 Å². The summed E-state index contributed by atoms with van der Waals surface area (Å²) >= 11 is 0. The Kier molecular flexibility index (Phi) is 6.03. The average Bonchev–Trinajstić information content (AvgIpc) is 3.12. The normalized spacial score (nSPS) is 12.2. The molecule has 8 nitrogen and oxygen atoms in total. The number of nitrogens with zero attached hydrogens (tertiary/aromatic N) is 5. The Labute approximate surface area is 200 Å². The largest absolute Gasteiger partial charge is 0.488 e. The lowest BCUT2D eigenvalue weighted by atomic mass is 9.95. The maximum atomic E-state index is 10.1. The first kappa shape index (κ1) is 23.6. The van der Waals surface area contributed by atoms with Gasteiger partial charge < -0.3 is 15.2 Å². The van der Waals surface area contributed by atoms with Gasteiger partial charge in [0.1, 0.15) is 24.0 Å². The highest BCUT2D eigenvalue weighted by atomic mass is 16.5. The summed E-state index contributed by atoms with van der Waals surface area (Å²) in [4.78, 5) is 13.6. The third-order valence-electron chi connectivity index (χ3n) is 5.14. The number of anilines is 2. The number of hydrogen-bond donors (Lipinski definition) is 2. The van der Waals surface area contributed by atoms with E-state index in [2.05, 4.69) is 52.2 Å². The Bertz CT molecular complexity index is 1330. The van der Waals surface area contributed by atoms with E-state index >= 15 is 0 Å². The highest BCUT2D eigenvalue weighted by Crippen LogP contribution is 2.32. The van der Waals surface area contributed by atoms with Crippen molar-refractivity contribution in [3.63, 3.8) is 0 Å². The topological polar surface area (TPSA) is 97.5 Å². The van der Waals surface area contributed by atoms with Crippen molar-refractivity contribution < 1.29 is 9.84 Å². The molecule has 0 radical (unpaired) electrons. The molecule has 0 unspecified atom stereocenters. The van der Waals surface area contributed by atoms with Crippen LogP contribution in [0.4, 0.5) is 11.6 Å². The summed E-state index contributed by atoms with van der Waals surface area (Å²) in [6.07, 6.45) is 3.62. The van der Waals surface area contributed by atoms with Gasteiger partial charge in [-0.25, -0.2) is 14.5 Å². The maximum Gasteiger partial charge on any atom is 0.154 e. The van der Waals surface area contributed by atoms with Crippen molar-refractivity contribution in [2.24, 2.45) is 0 Å². The van der Waals surface area contributed by atoms with E-state index in [1.807, 2.05) is 48.8 Å². The Hall–Kier alpha value is -3.52. The summed E-state index contributed by atoms with van der Waals surface area (Å²) in [5.74, 6) is 2.82. The number of aryl methyl sites for hydroxylation is 2. The van der Waals surface area contributed by atoms with Crippen LogP contribution in [-0.4, -0.2) is 41.9 Å². The molecule has 34 heavy (non-hydrogen) atoms. The van der Waals surface area contributed by atoms with Crippen molar-refractivity contribution in [1.82, 2.24) is 24.6 Å². The van der Waals surface area contributed by atoms with Gasteiger partial charge in [-0.1, -0.05) is 20.8 Å². The minimum absolute atomic E-state index is 0.149. The first-order chi connectivity index (χ1) is 15.9. The molecule has 178 valence electrons. The van der Waals surface area contributed by atoms with Gasteiger partial charge in [0, 0.05) is 40.7 Å². The zero-order valence-electron chi connectivity index (χ0n) is 20.8. The van der Waals surface area contributed by atoms with E-state index in [4.69, 9.17) is 4.74 Å². The second-order valence-corrected chi connectivity index (χ2v) is 10.3. The molecule has 0 saturated heterocycles. The molecule has 0 aliphatic carbocycles. The molecule has 4 aromatic heterocycles. The fourth-order valence-corrected chi connectivity index (χ4v) is 3.46. The Morgan fingerprint density at radius 1 is 0.971 bits per heavy atom. The van der Waals surface area contributed by atoms with E-state index < -0.39 is 5.60 Å². The van der Waals surface area contributed by atoms with Crippen molar-refractivity contribution in [1.29, 1.82) is 0 Å². The summed E-state index contributed by atoms with van der Waals surface area (Å²) < 4.78 is 7.71. The van der Waals surface area contributed by atoms with Gasteiger partial charge in [0.25, 0.3) is 0 Å². The maximum absolute atomic E-state index is 10.1. The predicted octanol–water partition coefficient (Wildman–Crippen LogP) is 4.99. The lowest BCUT2D eigenvalue weighted by molar-refractivity contribution is 0.0286. The molecule has 0 amide bonds. The Balaban J connectivity index is 1.65. The number of aromatic nitrogens is 5. The number of aliphatic hydroxyl groups is 1. The zero-order valence-corrected chi connectivity index (χ0v) is 20.8. The van der Waals surface area contributed by atoms with E-state index in [0.717, 1.165) is 33.9 Å². The van der Waals surface area contributed by atoms with Crippen LogP contribution in [0.1, 0.15) is 51.8 Å². The number of ether oxygens (including phenoxy) is 1. The van der Waals surface area contributed by atoms with Gasteiger partial charge in [-0.05, 0) is 51.5 Å². The van der Waals surface area contributed by atoms with E-state index in [1.54, 1.807) is 20.0 Å². The lowest BCUT2D eigenvalue weighted by Gasteiger charge is -2.19. The van der Waals surface area contributed by atoms with Crippen LogP contribution in [-0.2, 0) is 5.41 Å². The monoisotopic (exact) mass is 460 g/mol. The average molecular weight is 461 g/mol. The summed E-state index contributed by atoms with van der Waals surface area (Å²) in [7, 11) is 0. The molecule has 4 rings (SSSR count). The lowest BCUT2D eigenvalue weighted by Crippen LogP contribution is -2.28. The van der Waals surface area contributed by atoms with E-state index in [0.29, 0.717) is 17.4 Å². The number of fused-ring (bicyclic) bond motifs is 1. The quantitative estimate of drug-likeness (QED) is 0.418. The van der Waals surface area contributed by atoms with Crippen LogP contribution in [0, 0.1) is 13.8 Å². The molecule has 4 heterocycles. The van der Waals surface area contributed by atoms with E-state index in [-0.39, 0.29) is 12.0 Å². The minimum Gasteiger partial charge on any atom is -0.488 e. The summed E-state index contributed by atoms with van der Waals surface area (Å²) in [6, 6.07) is 9.91. The smallest absolute Gasteiger partial charge is 0.154 e. The molecular weight excluding hydrogens is 428 g/mol. The first-order valence-electron chi connectivity index (χ1n) is 11.3. The molecule has 0 fully saturated rings. The van der Waals surface area contributed by atoms with Crippen LogP contribution < -0.4 is 10.1 Å². The fourth-order valence-electron chi connectivity index (χ4n) is 3.46. The summed E-state index contributed by atoms with van der Waals surface area (Å²) in [5, 5.41) is 18.0. The van der Waals surface area contributed by atoms with Gasteiger partial charge in [-0.15, -0.1) is 0 Å². The van der Waals surface area contributed by atoms with Crippen LogP contribution >= 0.6 is 0 Å². The molecule has 0 aliphatic rings. The number of pyridine rings is 2. The molecule has 0 aliphatic heterocycles. The molecule has 0 bridgehead atoms. The van der Waals surface area contributed by atoms with Crippen LogP contribution in [0.25, 0.3) is 16.6 Å². The van der Waals surface area contributed by atoms with Gasteiger partial charge in [-0.2, -0.15) is 5.10 Å². The SMILES string of the molecule is Cc1cc(-c2ccn3nc(Nc4cc(C)nc(C(C)(C)C)n4)cc3c2)c(OCC(C)(C)O)cn1. The van der Waals surface area contributed by atoms with Crippen LogP contribution in [0.3, 0.4) is 0 Å². The van der Waals surface area contributed by atoms with Gasteiger partial charge >= 0.3 is 0 Å². The number of nitrogens with one attached hydrogen (secondary N) is 1. The minimum atomic E-state index is -0.940. The Morgan fingerprint density at radius 3 is 2.44 bits per heavy atom. The van der Waals surface area contributed by atoms with E-state index in [1.165, 1.54) is 0 Å². The highest BCUT2D eigenvalue weighted by molar-refractivity contribution is 5.75. The molecular formula is C26H32N6O2. The van der Waals surface area contributed by atoms with Crippen molar-refractivity contribution in [3.8, 4) is 16.9 Å². The van der Waals surface area contributed by atoms with Crippen molar-refractivity contribution in [3.05, 3.63) is 59.9 Å². The van der Waals surface area contributed by atoms with Crippen LogP contribution in [0.15, 0.2) is 42.7 Å². The van der Waals surface area contributed by atoms with Gasteiger partial charge in [0.15, 0.2) is 5.82 Å². The van der Waals surface area contributed by atoms with E-state index in [9.17, 15) is 5.11 Å².